The zero-order chi connectivity index (χ0) is 14.0. The minimum atomic E-state index is -4.68. The fraction of sp³-hybridized carbons (Fsp3) is 0.364. The lowest BCUT2D eigenvalue weighted by atomic mass is 9.87. The molecule has 0 spiro atoms. The van der Waals surface area contributed by atoms with Crippen LogP contribution in [0.15, 0.2) is 24.3 Å². The molecule has 0 saturated heterocycles. The molecule has 0 saturated carbocycles. The van der Waals surface area contributed by atoms with Crippen LogP contribution in [0.3, 0.4) is 0 Å². The van der Waals surface area contributed by atoms with Crippen LogP contribution >= 0.6 is 0 Å². The van der Waals surface area contributed by atoms with Crippen molar-refractivity contribution in [3.8, 4) is 0 Å². The molecule has 0 heterocycles. The predicted octanol–water partition coefficient (Wildman–Crippen LogP) is 1.02. The molecule has 0 fully saturated rings. The number of rotatable bonds is 3. The lowest BCUT2D eigenvalue weighted by molar-refractivity contribution is -0.150. The maximum Gasteiger partial charge on any atom is 0.416 e. The number of hydrogen-bond acceptors (Lipinski definition) is 4. The Balaban J connectivity index is 3.44. The molecule has 1 aromatic rings. The Kier molecular flexibility index (Phi) is 3.98. The molecule has 1 atom stereocenters. The minimum absolute atomic E-state index is 0.521. The van der Waals surface area contributed by atoms with Crippen LogP contribution in [0.25, 0.3) is 0 Å². The van der Waals surface area contributed by atoms with E-state index in [1.165, 1.54) is 12.1 Å². The number of halogens is 3. The Hall–Kier alpha value is -1.60. The van der Waals surface area contributed by atoms with Crippen molar-refractivity contribution in [3.63, 3.8) is 0 Å². The van der Waals surface area contributed by atoms with Crippen LogP contribution in [0.5, 0.6) is 0 Å². The number of esters is 1. The summed E-state index contributed by atoms with van der Waals surface area (Å²) in [6, 6.07) is 4.29. The van der Waals surface area contributed by atoms with Crippen molar-refractivity contribution < 1.29 is 27.8 Å². The first kappa shape index (κ1) is 14.5. The number of aliphatic hydroxyl groups is 1. The van der Waals surface area contributed by atoms with Crippen LogP contribution in [0.1, 0.15) is 11.1 Å². The third kappa shape index (κ3) is 2.46. The van der Waals surface area contributed by atoms with Crippen LogP contribution < -0.4 is 5.73 Å². The number of benzene rings is 1. The van der Waals surface area contributed by atoms with Crippen molar-refractivity contribution >= 4 is 5.97 Å². The number of methoxy groups -OCH3 is 1. The van der Waals surface area contributed by atoms with Crippen LogP contribution in [0, 0.1) is 0 Å². The number of ether oxygens (including phenoxy) is 1. The largest absolute Gasteiger partial charge is 0.467 e. The molecule has 0 radical (unpaired) electrons. The summed E-state index contributed by atoms with van der Waals surface area (Å²) in [5.74, 6) is -1.14. The van der Waals surface area contributed by atoms with E-state index in [9.17, 15) is 18.0 Å². The Labute approximate surface area is 101 Å². The van der Waals surface area contributed by atoms with Crippen molar-refractivity contribution in [2.45, 2.75) is 11.7 Å². The Morgan fingerprint density at radius 1 is 1.33 bits per heavy atom. The summed E-state index contributed by atoms with van der Waals surface area (Å²) in [5.41, 5.74) is 1.71. The van der Waals surface area contributed by atoms with Gasteiger partial charge < -0.3 is 15.6 Å². The smallest absolute Gasteiger partial charge is 0.416 e. The fourth-order valence-corrected chi connectivity index (χ4v) is 1.56. The van der Waals surface area contributed by atoms with Gasteiger partial charge in [0.2, 0.25) is 0 Å². The van der Waals surface area contributed by atoms with E-state index in [0.29, 0.717) is 0 Å². The average molecular weight is 263 g/mol. The molecule has 0 aromatic heterocycles. The average Bonchev–Trinajstić information content (AvgIpc) is 2.35. The van der Waals surface area contributed by atoms with Gasteiger partial charge in [-0.3, -0.25) is 0 Å². The van der Waals surface area contributed by atoms with E-state index in [1.807, 2.05) is 0 Å². The molecule has 0 aliphatic rings. The summed E-state index contributed by atoms with van der Waals surface area (Å²) in [4.78, 5) is 11.5. The van der Waals surface area contributed by atoms with E-state index < -0.39 is 35.4 Å². The zero-order valence-corrected chi connectivity index (χ0v) is 9.49. The van der Waals surface area contributed by atoms with Gasteiger partial charge >= 0.3 is 12.1 Å². The van der Waals surface area contributed by atoms with E-state index in [2.05, 4.69) is 4.74 Å². The number of nitrogens with two attached hydrogens (primary N) is 1. The summed E-state index contributed by atoms with van der Waals surface area (Å²) in [6.45, 7) is -0.993. The molecule has 4 nitrogen and oxygen atoms in total. The normalized spacial score (nSPS) is 15.0. The van der Waals surface area contributed by atoms with E-state index in [-0.39, 0.29) is 0 Å². The molecule has 3 N–H and O–H groups in total. The van der Waals surface area contributed by atoms with Gasteiger partial charge in [0.05, 0.1) is 19.3 Å². The molecule has 1 unspecified atom stereocenters. The van der Waals surface area contributed by atoms with Crippen LogP contribution in [-0.2, 0) is 21.2 Å². The minimum Gasteiger partial charge on any atom is -0.467 e. The number of alkyl halides is 3. The van der Waals surface area contributed by atoms with Gasteiger partial charge in [-0.05, 0) is 11.6 Å². The van der Waals surface area contributed by atoms with Crippen molar-refractivity contribution in [2.24, 2.45) is 5.73 Å². The topological polar surface area (TPSA) is 72.5 Å². The van der Waals surface area contributed by atoms with Crippen LogP contribution in [0.4, 0.5) is 13.2 Å². The Bertz CT molecular complexity index is 447. The third-order valence-electron chi connectivity index (χ3n) is 2.51. The van der Waals surface area contributed by atoms with Crippen molar-refractivity contribution in [3.05, 3.63) is 35.4 Å². The monoisotopic (exact) mass is 263 g/mol. The van der Waals surface area contributed by atoms with Crippen LogP contribution in [0.2, 0.25) is 0 Å². The van der Waals surface area contributed by atoms with Gasteiger partial charge in [0.15, 0.2) is 5.54 Å². The van der Waals surface area contributed by atoms with Crippen molar-refractivity contribution in [1.82, 2.24) is 0 Å². The summed E-state index contributed by atoms with van der Waals surface area (Å²) >= 11 is 0. The van der Waals surface area contributed by atoms with Gasteiger partial charge in [-0.1, -0.05) is 18.2 Å². The number of carbonyl (C=O) groups is 1. The first-order chi connectivity index (χ1) is 8.27. The molecule has 1 rings (SSSR count). The predicted molar refractivity (Wildman–Crippen MR) is 56.4 cm³/mol. The molecular formula is C11H12F3NO3. The lowest BCUT2D eigenvalue weighted by Gasteiger charge is -2.27. The number of hydrogen-bond donors (Lipinski definition) is 2. The summed E-state index contributed by atoms with van der Waals surface area (Å²) in [7, 11) is 0.982. The summed E-state index contributed by atoms with van der Waals surface area (Å²) in [6.07, 6.45) is -4.68. The van der Waals surface area contributed by atoms with Gasteiger partial charge in [0, 0.05) is 0 Å². The Morgan fingerprint density at radius 3 is 2.22 bits per heavy atom. The second kappa shape index (κ2) is 4.95. The standard InChI is InChI=1S/C11H12F3NO3/c1-18-9(17)10(15,6-16)7-4-2-3-5-8(7)11(12,13)14/h2-5,16H,6,15H2,1H3. The van der Waals surface area contributed by atoms with Gasteiger partial charge in [0.1, 0.15) is 0 Å². The molecule has 0 amide bonds. The van der Waals surface area contributed by atoms with Gasteiger partial charge in [-0.2, -0.15) is 13.2 Å². The molecular weight excluding hydrogens is 251 g/mol. The maximum absolute atomic E-state index is 12.8. The summed E-state index contributed by atoms with van der Waals surface area (Å²) < 4.78 is 42.7. The molecule has 1 aromatic carbocycles. The molecule has 0 aliphatic heterocycles. The van der Waals surface area contributed by atoms with E-state index in [4.69, 9.17) is 10.8 Å². The first-order valence-corrected chi connectivity index (χ1v) is 4.92. The molecule has 7 heteroatoms. The quantitative estimate of drug-likeness (QED) is 0.799. The SMILES string of the molecule is COC(=O)C(N)(CO)c1ccccc1C(F)(F)F. The first-order valence-electron chi connectivity index (χ1n) is 4.92. The molecule has 0 bridgehead atoms. The molecule has 0 aliphatic carbocycles. The van der Waals surface area contributed by atoms with E-state index >= 15 is 0 Å². The van der Waals surface area contributed by atoms with E-state index in [1.54, 1.807) is 0 Å². The number of carbonyl (C=O) groups excluding carboxylic acids is 1. The molecule has 18 heavy (non-hydrogen) atoms. The van der Waals surface area contributed by atoms with Gasteiger partial charge in [0.25, 0.3) is 0 Å². The highest BCUT2D eigenvalue weighted by molar-refractivity contribution is 5.83. The van der Waals surface area contributed by atoms with Gasteiger partial charge in [-0.25, -0.2) is 4.79 Å². The van der Waals surface area contributed by atoms with Gasteiger partial charge in [-0.15, -0.1) is 0 Å². The second-order valence-electron chi connectivity index (χ2n) is 3.66. The lowest BCUT2D eigenvalue weighted by Crippen LogP contribution is -2.50. The Morgan fingerprint density at radius 2 is 1.83 bits per heavy atom. The zero-order valence-electron chi connectivity index (χ0n) is 9.49. The van der Waals surface area contributed by atoms with Crippen molar-refractivity contribution in [2.75, 3.05) is 13.7 Å². The maximum atomic E-state index is 12.8. The number of aliphatic hydroxyl groups excluding tert-OH is 1. The summed E-state index contributed by atoms with van der Waals surface area (Å²) in [5, 5.41) is 9.14. The fourth-order valence-electron chi connectivity index (χ4n) is 1.56. The highest BCUT2D eigenvalue weighted by Crippen LogP contribution is 2.36. The highest BCUT2D eigenvalue weighted by Gasteiger charge is 2.44. The second-order valence-corrected chi connectivity index (χ2v) is 3.66. The third-order valence-corrected chi connectivity index (χ3v) is 2.51. The molecule has 100 valence electrons. The van der Waals surface area contributed by atoms with E-state index in [0.717, 1.165) is 19.2 Å². The highest BCUT2D eigenvalue weighted by atomic mass is 19.4. The van der Waals surface area contributed by atoms with Crippen molar-refractivity contribution in [1.29, 1.82) is 0 Å². The van der Waals surface area contributed by atoms with Crippen LogP contribution in [-0.4, -0.2) is 24.8 Å².